The lowest BCUT2D eigenvalue weighted by Crippen LogP contribution is -2.52. The molecule has 30 heavy (non-hydrogen) atoms. The molecule has 1 aromatic carbocycles. The molecule has 0 saturated carbocycles. The first kappa shape index (κ1) is 25.0. The van der Waals surface area contributed by atoms with E-state index in [4.69, 9.17) is 4.74 Å². The number of hydrogen-bond donors (Lipinski definition) is 1. The highest BCUT2D eigenvalue weighted by atomic mass is 127. The van der Waals surface area contributed by atoms with Crippen molar-refractivity contribution in [3.63, 3.8) is 0 Å². The average molecular weight is 530 g/mol. The first-order chi connectivity index (χ1) is 14.2. The molecule has 2 aliphatic heterocycles. The van der Waals surface area contributed by atoms with Crippen LogP contribution in [0.2, 0.25) is 0 Å². The minimum atomic E-state index is 0. The number of aliphatic imine (C=N–C) groups is 1. The molecule has 6 nitrogen and oxygen atoms in total. The first-order valence-electron chi connectivity index (χ1n) is 11.3. The molecule has 2 aliphatic rings. The van der Waals surface area contributed by atoms with Gasteiger partial charge in [-0.1, -0.05) is 19.1 Å². The van der Waals surface area contributed by atoms with Crippen LogP contribution in [0.5, 0.6) is 5.75 Å². The van der Waals surface area contributed by atoms with Crippen LogP contribution < -0.4 is 15.0 Å². The van der Waals surface area contributed by atoms with Crippen LogP contribution in [0.25, 0.3) is 0 Å². The third kappa shape index (κ3) is 7.18. The summed E-state index contributed by atoms with van der Waals surface area (Å²) in [7, 11) is 3.64. The Balaban J connectivity index is 0.00000320. The second kappa shape index (κ2) is 13.2. The van der Waals surface area contributed by atoms with E-state index < -0.39 is 0 Å². The number of anilines is 1. The molecule has 0 aromatic heterocycles. The average Bonchev–Trinajstić information content (AvgIpc) is 2.76. The molecule has 2 fully saturated rings. The van der Waals surface area contributed by atoms with Crippen LogP contribution in [0.1, 0.15) is 32.6 Å². The number of piperazine rings is 1. The fourth-order valence-electron chi connectivity index (χ4n) is 4.53. The molecule has 1 atom stereocenters. The number of benzene rings is 1. The van der Waals surface area contributed by atoms with Crippen LogP contribution in [-0.4, -0.2) is 82.3 Å². The Morgan fingerprint density at radius 2 is 1.90 bits per heavy atom. The Morgan fingerprint density at radius 1 is 1.13 bits per heavy atom. The fourth-order valence-corrected chi connectivity index (χ4v) is 4.53. The number of nitrogens with zero attached hydrogens (tertiary/aromatic N) is 4. The number of methoxy groups -OCH3 is 1. The monoisotopic (exact) mass is 529 g/mol. The van der Waals surface area contributed by atoms with Crippen molar-refractivity contribution >= 4 is 35.6 Å². The van der Waals surface area contributed by atoms with Gasteiger partial charge >= 0.3 is 0 Å². The van der Waals surface area contributed by atoms with Crippen molar-refractivity contribution in [3.05, 3.63) is 24.3 Å². The van der Waals surface area contributed by atoms with Crippen molar-refractivity contribution < 1.29 is 4.74 Å². The minimum Gasteiger partial charge on any atom is -0.495 e. The van der Waals surface area contributed by atoms with Gasteiger partial charge in [-0.15, -0.1) is 24.0 Å². The van der Waals surface area contributed by atoms with Crippen molar-refractivity contribution in [3.8, 4) is 5.75 Å². The lowest BCUT2D eigenvalue weighted by Gasteiger charge is -2.38. The maximum absolute atomic E-state index is 5.52. The molecule has 7 heteroatoms. The SMILES string of the molecule is CN=C(NCCCCN1CCCC(C)C1)N1CCN(c2ccccc2OC)CC1.I. The lowest BCUT2D eigenvalue weighted by atomic mass is 10.0. The van der Waals surface area contributed by atoms with E-state index in [-0.39, 0.29) is 24.0 Å². The van der Waals surface area contributed by atoms with Crippen LogP contribution in [0.3, 0.4) is 0 Å². The molecule has 0 amide bonds. The highest BCUT2D eigenvalue weighted by Crippen LogP contribution is 2.28. The summed E-state index contributed by atoms with van der Waals surface area (Å²) in [5.41, 5.74) is 1.18. The summed E-state index contributed by atoms with van der Waals surface area (Å²) in [4.78, 5) is 11.9. The number of guanidine groups is 1. The maximum atomic E-state index is 5.52. The minimum absolute atomic E-state index is 0. The van der Waals surface area contributed by atoms with Crippen LogP contribution in [0, 0.1) is 5.92 Å². The third-order valence-electron chi connectivity index (χ3n) is 6.14. The van der Waals surface area contributed by atoms with Crippen LogP contribution in [-0.2, 0) is 0 Å². The number of ether oxygens (including phenoxy) is 1. The first-order valence-corrected chi connectivity index (χ1v) is 11.3. The largest absolute Gasteiger partial charge is 0.495 e. The standard InChI is InChI=1S/C23H39N5O.HI/c1-20-9-8-14-26(19-20)13-7-6-12-25-23(24-2)28-17-15-27(16-18-28)21-10-4-5-11-22(21)29-3;/h4-5,10-11,20H,6-9,12-19H2,1-3H3,(H,24,25);1H. The van der Waals surface area contributed by atoms with Gasteiger partial charge in [0.15, 0.2) is 5.96 Å². The number of para-hydroxylation sites is 2. The van der Waals surface area contributed by atoms with Gasteiger partial charge in [-0.25, -0.2) is 0 Å². The summed E-state index contributed by atoms with van der Waals surface area (Å²) < 4.78 is 5.52. The zero-order chi connectivity index (χ0) is 20.5. The van der Waals surface area contributed by atoms with Gasteiger partial charge in [0.2, 0.25) is 0 Å². The number of nitrogens with one attached hydrogen (secondary N) is 1. The van der Waals surface area contributed by atoms with Gasteiger partial charge in [0.05, 0.1) is 12.8 Å². The molecule has 0 radical (unpaired) electrons. The van der Waals surface area contributed by atoms with E-state index in [1.54, 1.807) is 7.11 Å². The summed E-state index contributed by atoms with van der Waals surface area (Å²) in [6.45, 7) is 11.1. The smallest absolute Gasteiger partial charge is 0.193 e. The molecule has 170 valence electrons. The van der Waals surface area contributed by atoms with E-state index in [9.17, 15) is 0 Å². The van der Waals surface area contributed by atoms with Crippen molar-refractivity contribution in [1.82, 2.24) is 15.1 Å². The van der Waals surface area contributed by atoms with Crippen molar-refractivity contribution in [2.45, 2.75) is 32.6 Å². The number of halogens is 1. The fraction of sp³-hybridized carbons (Fsp3) is 0.696. The summed E-state index contributed by atoms with van der Waals surface area (Å²) in [6, 6.07) is 8.28. The number of rotatable bonds is 7. The summed E-state index contributed by atoms with van der Waals surface area (Å²) in [6.07, 6.45) is 5.23. The predicted octanol–water partition coefficient (Wildman–Crippen LogP) is 3.52. The molecular formula is C23H40IN5O. The lowest BCUT2D eigenvalue weighted by molar-refractivity contribution is 0.181. The second-order valence-electron chi connectivity index (χ2n) is 8.38. The van der Waals surface area contributed by atoms with Gasteiger partial charge in [0.25, 0.3) is 0 Å². The van der Waals surface area contributed by atoms with E-state index >= 15 is 0 Å². The normalized spacial score (nSPS) is 20.6. The topological polar surface area (TPSA) is 43.3 Å². The van der Waals surface area contributed by atoms with Crippen LogP contribution in [0.15, 0.2) is 29.3 Å². The zero-order valence-corrected chi connectivity index (χ0v) is 21.3. The second-order valence-corrected chi connectivity index (χ2v) is 8.38. The van der Waals surface area contributed by atoms with Gasteiger partial charge in [0.1, 0.15) is 5.75 Å². The Kier molecular flexibility index (Phi) is 11.1. The number of unbranched alkanes of at least 4 members (excludes halogenated alkanes) is 1. The van der Waals surface area contributed by atoms with Crippen molar-refractivity contribution in [2.24, 2.45) is 10.9 Å². The Hall–Kier alpha value is -1.22. The molecular weight excluding hydrogens is 489 g/mol. The van der Waals surface area contributed by atoms with Crippen LogP contribution >= 0.6 is 24.0 Å². The molecule has 2 heterocycles. The summed E-state index contributed by atoms with van der Waals surface area (Å²) in [5.74, 6) is 2.86. The number of hydrogen-bond acceptors (Lipinski definition) is 4. The van der Waals surface area contributed by atoms with E-state index in [2.05, 4.69) is 44.1 Å². The van der Waals surface area contributed by atoms with Gasteiger partial charge < -0.3 is 24.8 Å². The third-order valence-corrected chi connectivity index (χ3v) is 6.14. The van der Waals surface area contributed by atoms with Crippen LogP contribution in [0.4, 0.5) is 5.69 Å². The molecule has 1 aromatic rings. The molecule has 0 spiro atoms. The van der Waals surface area contributed by atoms with Crippen molar-refractivity contribution in [1.29, 1.82) is 0 Å². The van der Waals surface area contributed by atoms with Crippen molar-refractivity contribution in [2.75, 3.05) is 71.4 Å². The quantitative estimate of drug-likeness (QED) is 0.254. The maximum Gasteiger partial charge on any atom is 0.193 e. The highest BCUT2D eigenvalue weighted by Gasteiger charge is 2.21. The molecule has 1 N–H and O–H groups in total. The van der Waals surface area contributed by atoms with Gasteiger partial charge in [-0.3, -0.25) is 4.99 Å². The number of piperidine rings is 1. The molecule has 0 aliphatic carbocycles. The summed E-state index contributed by atoms with van der Waals surface area (Å²) >= 11 is 0. The van der Waals surface area contributed by atoms with Gasteiger partial charge in [-0.2, -0.15) is 0 Å². The highest BCUT2D eigenvalue weighted by molar-refractivity contribution is 14.0. The van der Waals surface area contributed by atoms with E-state index in [1.807, 2.05) is 19.2 Å². The van der Waals surface area contributed by atoms with Gasteiger partial charge in [0, 0.05) is 46.3 Å². The Morgan fingerprint density at radius 3 is 2.60 bits per heavy atom. The molecule has 0 bridgehead atoms. The number of likely N-dealkylation sites (tertiary alicyclic amines) is 1. The van der Waals surface area contributed by atoms with Gasteiger partial charge in [-0.05, 0) is 56.8 Å². The predicted molar refractivity (Wildman–Crippen MR) is 138 cm³/mol. The Bertz CT molecular complexity index is 648. The Labute approximate surface area is 200 Å². The molecule has 2 saturated heterocycles. The molecule has 1 unspecified atom stereocenters. The molecule has 3 rings (SSSR count). The van der Waals surface area contributed by atoms with E-state index in [0.717, 1.165) is 50.4 Å². The zero-order valence-electron chi connectivity index (χ0n) is 19.0. The van der Waals surface area contributed by atoms with E-state index in [0.29, 0.717) is 0 Å². The summed E-state index contributed by atoms with van der Waals surface area (Å²) in [5, 5.41) is 3.58. The van der Waals surface area contributed by atoms with E-state index in [1.165, 1.54) is 51.0 Å².